The van der Waals surface area contributed by atoms with Gasteiger partial charge < -0.3 is 14.8 Å². The Balaban J connectivity index is 1.33. The number of fused-ring (bicyclic) bond motifs is 1. The molecule has 0 unspecified atom stereocenters. The van der Waals surface area contributed by atoms with Crippen LogP contribution in [0.4, 0.5) is 5.69 Å². The Morgan fingerprint density at radius 3 is 2.75 bits per heavy atom. The van der Waals surface area contributed by atoms with Gasteiger partial charge in [0.2, 0.25) is 0 Å². The molecule has 1 saturated heterocycles. The molecule has 2 aliphatic carbocycles. The maximum Gasteiger partial charge on any atom is 0.310 e. The number of rotatable bonds is 4. The van der Waals surface area contributed by atoms with Crippen molar-refractivity contribution in [1.82, 2.24) is 0 Å². The van der Waals surface area contributed by atoms with Gasteiger partial charge in [-0.25, -0.2) is 0 Å². The maximum absolute atomic E-state index is 12.4. The highest BCUT2D eigenvalue weighted by Gasteiger charge is 2.64. The first-order valence-corrected chi connectivity index (χ1v) is 8.26. The van der Waals surface area contributed by atoms with Crippen LogP contribution in [0.15, 0.2) is 24.3 Å². The van der Waals surface area contributed by atoms with Gasteiger partial charge in [-0.15, -0.1) is 0 Å². The van der Waals surface area contributed by atoms with Crippen molar-refractivity contribution in [3.63, 3.8) is 0 Å². The van der Waals surface area contributed by atoms with Gasteiger partial charge in [-0.3, -0.25) is 14.4 Å². The second-order valence-corrected chi connectivity index (χ2v) is 6.94. The van der Waals surface area contributed by atoms with E-state index in [-0.39, 0.29) is 42.3 Å². The molecule has 0 spiro atoms. The average molecular weight is 329 g/mol. The highest BCUT2D eigenvalue weighted by molar-refractivity contribution is 5.93. The van der Waals surface area contributed by atoms with E-state index < -0.39 is 11.9 Å². The van der Waals surface area contributed by atoms with Crippen molar-refractivity contribution >= 4 is 23.5 Å². The standard InChI is InChI=1S/C18H19NO5/c1-9-2-4-11(5-3-9)19-14(20)8-23-17(21)15-10-6-12-13(7-10)24-18(22)16(12)15/h2-5,10,12-13,15-16H,6-8H2,1H3,(H,19,20)/t10-,12+,13+,15-,16-/m1/s1. The first-order chi connectivity index (χ1) is 11.5. The molecule has 1 N–H and O–H groups in total. The molecule has 0 radical (unpaired) electrons. The Labute approximate surface area is 139 Å². The van der Waals surface area contributed by atoms with Gasteiger partial charge in [-0.05, 0) is 37.8 Å². The Hall–Kier alpha value is -2.37. The van der Waals surface area contributed by atoms with Crippen LogP contribution in [0.3, 0.4) is 0 Å². The van der Waals surface area contributed by atoms with Crippen molar-refractivity contribution in [2.24, 2.45) is 23.7 Å². The molecule has 24 heavy (non-hydrogen) atoms. The van der Waals surface area contributed by atoms with E-state index in [1.807, 2.05) is 19.1 Å². The molecule has 1 aromatic rings. The number of esters is 2. The topological polar surface area (TPSA) is 81.7 Å². The number of benzene rings is 1. The summed E-state index contributed by atoms with van der Waals surface area (Å²) in [7, 11) is 0. The van der Waals surface area contributed by atoms with Crippen LogP contribution in [0.1, 0.15) is 18.4 Å². The SMILES string of the molecule is Cc1ccc(NC(=O)COC(=O)[C@@H]2[C@@H]3C[C@@H]4[C@H]2C(=O)O[C@H]4C3)cc1. The Morgan fingerprint density at radius 2 is 2.00 bits per heavy atom. The molecule has 3 fully saturated rings. The zero-order valence-electron chi connectivity index (χ0n) is 13.4. The molecule has 1 heterocycles. The number of amides is 1. The minimum atomic E-state index is -0.455. The molecular formula is C18H19NO5. The number of carbonyl (C=O) groups is 3. The molecule has 0 aromatic heterocycles. The lowest BCUT2D eigenvalue weighted by Gasteiger charge is -2.22. The van der Waals surface area contributed by atoms with Gasteiger partial charge in [0.25, 0.3) is 5.91 Å². The highest BCUT2D eigenvalue weighted by Crippen LogP contribution is 2.57. The molecule has 4 rings (SSSR count). The number of ether oxygens (including phenoxy) is 2. The molecule has 5 atom stereocenters. The fraction of sp³-hybridized carbons (Fsp3) is 0.500. The van der Waals surface area contributed by atoms with Crippen molar-refractivity contribution in [2.75, 3.05) is 11.9 Å². The monoisotopic (exact) mass is 329 g/mol. The van der Waals surface area contributed by atoms with Crippen LogP contribution in [0, 0.1) is 30.6 Å². The van der Waals surface area contributed by atoms with Crippen LogP contribution < -0.4 is 5.32 Å². The van der Waals surface area contributed by atoms with Gasteiger partial charge >= 0.3 is 11.9 Å². The number of carbonyl (C=O) groups excluding carboxylic acids is 3. The molecule has 6 heteroatoms. The predicted octanol–water partition coefficient (Wildman–Crippen LogP) is 1.67. The summed E-state index contributed by atoms with van der Waals surface area (Å²) in [5, 5.41) is 2.68. The number of hydrogen-bond acceptors (Lipinski definition) is 5. The maximum atomic E-state index is 12.4. The minimum absolute atomic E-state index is 0.0126. The molecule has 3 aliphatic rings. The van der Waals surface area contributed by atoms with Gasteiger partial charge in [-0.2, -0.15) is 0 Å². The summed E-state index contributed by atoms with van der Waals surface area (Å²) in [5.74, 6) is -1.65. The molecule has 6 nitrogen and oxygen atoms in total. The summed E-state index contributed by atoms with van der Waals surface area (Å²) in [4.78, 5) is 36.2. The van der Waals surface area contributed by atoms with Crippen molar-refractivity contribution in [1.29, 1.82) is 0 Å². The Kier molecular flexibility index (Phi) is 3.55. The van der Waals surface area contributed by atoms with E-state index in [9.17, 15) is 14.4 Å². The van der Waals surface area contributed by atoms with E-state index >= 15 is 0 Å². The van der Waals surface area contributed by atoms with Crippen molar-refractivity contribution in [3.8, 4) is 0 Å². The lowest BCUT2D eigenvalue weighted by Crippen LogP contribution is -2.34. The second kappa shape index (κ2) is 5.61. The summed E-state index contributed by atoms with van der Waals surface area (Å²) in [5.41, 5.74) is 1.75. The van der Waals surface area contributed by atoms with Gasteiger partial charge in [-0.1, -0.05) is 17.7 Å². The number of anilines is 1. The average Bonchev–Trinajstić information content (AvgIpc) is 3.16. The zero-order valence-corrected chi connectivity index (χ0v) is 13.4. The van der Waals surface area contributed by atoms with E-state index in [1.165, 1.54) is 0 Å². The van der Waals surface area contributed by atoms with Gasteiger partial charge in [0.05, 0.1) is 11.8 Å². The first kappa shape index (κ1) is 15.2. The van der Waals surface area contributed by atoms with Crippen molar-refractivity contribution in [3.05, 3.63) is 29.8 Å². The third kappa shape index (κ3) is 2.46. The Bertz CT molecular complexity index is 696. The number of nitrogens with one attached hydrogen (secondary N) is 1. The van der Waals surface area contributed by atoms with Gasteiger partial charge in [0.15, 0.2) is 6.61 Å². The van der Waals surface area contributed by atoms with E-state index in [1.54, 1.807) is 12.1 Å². The van der Waals surface area contributed by atoms with E-state index in [0.29, 0.717) is 5.69 Å². The molecule has 126 valence electrons. The summed E-state index contributed by atoms with van der Waals surface area (Å²) in [6.45, 7) is 1.62. The fourth-order valence-electron chi connectivity index (χ4n) is 4.39. The van der Waals surface area contributed by atoms with Crippen LogP contribution in [0.2, 0.25) is 0 Å². The van der Waals surface area contributed by atoms with Crippen molar-refractivity contribution in [2.45, 2.75) is 25.9 Å². The van der Waals surface area contributed by atoms with Crippen LogP contribution in [0.5, 0.6) is 0 Å². The van der Waals surface area contributed by atoms with Gasteiger partial charge in [0, 0.05) is 11.6 Å². The lowest BCUT2D eigenvalue weighted by molar-refractivity contribution is -0.157. The summed E-state index contributed by atoms with van der Waals surface area (Å²) >= 11 is 0. The number of aryl methyl sites for hydroxylation is 1. The minimum Gasteiger partial charge on any atom is -0.462 e. The van der Waals surface area contributed by atoms with Gasteiger partial charge in [0.1, 0.15) is 6.10 Å². The fourth-order valence-corrected chi connectivity index (χ4v) is 4.39. The normalized spacial score (nSPS) is 32.5. The summed E-state index contributed by atoms with van der Waals surface area (Å²) in [6.07, 6.45) is 1.57. The van der Waals surface area contributed by atoms with E-state index in [4.69, 9.17) is 9.47 Å². The zero-order chi connectivity index (χ0) is 16.8. The van der Waals surface area contributed by atoms with E-state index in [2.05, 4.69) is 5.32 Å². The molecule has 2 bridgehead atoms. The smallest absolute Gasteiger partial charge is 0.310 e. The quantitative estimate of drug-likeness (QED) is 0.850. The first-order valence-electron chi connectivity index (χ1n) is 8.26. The molecule has 1 amide bonds. The van der Waals surface area contributed by atoms with Crippen LogP contribution in [0.25, 0.3) is 0 Å². The Morgan fingerprint density at radius 1 is 1.25 bits per heavy atom. The van der Waals surface area contributed by atoms with Crippen molar-refractivity contribution < 1.29 is 23.9 Å². The number of hydrogen-bond donors (Lipinski definition) is 1. The third-order valence-corrected chi connectivity index (χ3v) is 5.44. The summed E-state index contributed by atoms with van der Waals surface area (Å²) < 4.78 is 10.5. The van der Waals surface area contributed by atoms with Crippen LogP contribution in [-0.4, -0.2) is 30.6 Å². The van der Waals surface area contributed by atoms with Crippen LogP contribution >= 0.6 is 0 Å². The molecule has 1 aliphatic heterocycles. The highest BCUT2D eigenvalue weighted by atomic mass is 16.6. The van der Waals surface area contributed by atoms with Crippen LogP contribution in [-0.2, 0) is 23.9 Å². The summed E-state index contributed by atoms with van der Waals surface area (Å²) in [6, 6.07) is 7.36. The largest absolute Gasteiger partial charge is 0.462 e. The lowest BCUT2D eigenvalue weighted by atomic mass is 9.80. The van der Waals surface area contributed by atoms with E-state index in [0.717, 1.165) is 18.4 Å². The molecular weight excluding hydrogens is 310 g/mol. The predicted molar refractivity (Wildman–Crippen MR) is 83.8 cm³/mol. The molecule has 1 aromatic carbocycles. The third-order valence-electron chi connectivity index (χ3n) is 5.44. The molecule has 2 saturated carbocycles. The second-order valence-electron chi connectivity index (χ2n) is 6.94.